The maximum absolute atomic E-state index is 11.3. The van der Waals surface area contributed by atoms with E-state index in [1.165, 1.54) is 0 Å². The van der Waals surface area contributed by atoms with E-state index in [4.69, 9.17) is 10.2 Å². The van der Waals surface area contributed by atoms with Crippen molar-refractivity contribution in [3.63, 3.8) is 0 Å². The standard InChI is InChI=1S/C14H27N3O6.2Na/c18-9-1-11(13(20)21)16-5-3-15-4-6-17(8-7-16)12(2-10-19)14(22)23;;/h11-12,15,18-19H,1-10H2,(H,20,21)(H,22,23);;/q;2*+1/p-2. The number of hydrogen-bond donors (Lipinski definition) is 3. The molecule has 11 heteroatoms. The van der Waals surface area contributed by atoms with Gasteiger partial charge in [-0.1, -0.05) is 0 Å². The maximum Gasteiger partial charge on any atom is 1.00 e. The third-order valence-corrected chi connectivity index (χ3v) is 4.06. The molecular weight excluding hydrogens is 352 g/mol. The number of carbonyl (C=O) groups excluding carboxylic acids is 2. The summed E-state index contributed by atoms with van der Waals surface area (Å²) in [6.45, 7) is 2.16. The molecule has 3 N–H and O–H groups in total. The Morgan fingerprint density at radius 3 is 1.48 bits per heavy atom. The molecule has 2 unspecified atom stereocenters. The Hall–Kier alpha value is 0.740. The Morgan fingerprint density at radius 2 is 1.20 bits per heavy atom. The molecule has 1 aliphatic rings. The summed E-state index contributed by atoms with van der Waals surface area (Å²) in [4.78, 5) is 25.9. The van der Waals surface area contributed by atoms with Crippen molar-refractivity contribution in [2.24, 2.45) is 0 Å². The van der Waals surface area contributed by atoms with E-state index in [2.05, 4.69) is 5.32 Å². The van der Waals surface area contributed by atoms with E-state index in [1.807, 2.05) is 0 Å². The van der Waals surface area contributed by atoms with Crippen LogP contribution in [0, 0.1) is 0 Å². The first-order valence-electron chi connectivity index (χ1n) is 7.83. The fourth-order valence-corrected chi connectivity index (χ4v) is 2.82. The van der Waals surface area contributed by atoms with Gasteiger partial charge in [0.25, 0.3) is 0 Å². The van der Waals surface area contributed by atoms with Crippen molar-refractivity contribution in [3.8, 4) is 0 Å². The Labute approximate surface area is 192 Å². The van der Waals surface area contributed by atoms with Crippen LogP contribution in [0.25, 0.3) is 0 Å². The molecule has 0 aliphatic carbocycles. The van der Waals surface area contributed by atoms with Gasteiger partial charge in [-0.25, -0.2) is 0 Å². The number of carboxylic acid groups (broad SMARTS) is 2. The normalized spacial score (nSPS) is 19.3. The van der Waals surface area contributed by atoms with Crippen molar-refractivity contribution in [2.45, 2.75) is 24.9 Å². The average Bonchev–Trinajstić information content (AvgIpc) is 2.61. The number of nitrogens with one attached hydrogen (secondary N) is 1. The van der Waals surface area contributed by atoms with Gasteiger partial charge in [0, 0.05) is 52.5 Å². The van der Waals surface area contributed by atoms with Gasteiger partial charge >= 0.3 is 59.1 Å². The molecule has 0 aromatic heterocycles. The van der Waals surface area contributed by atoms with Crippen LogP contribution in [0.5, 0.6) is 0 Å². The molecule has 1 saturated heterocycles. The molecule has 0 bridgehead atoms. The summed E-state index contributed by atoms with van der Waals surface area (Å²) in [6.07, 6.45) is 0.117. The van der Waals surface area contributed by atoms with E-state index in [1.54, 1.807) is 9.80 Å². The number of aliphatic hydroxyl groups excluding tert-OH is 2. The first kappa shape index (κ1) is 28.0. The monoisotopic (exact) mass is 377 g/mol. The molecule has 134 valence electrons. The number of hydrogen-bond acceptors (Lipinski definition) is 9. The van der Waals surface area contributed by atoms with Gasteiger partial charge in [0.2, 0.25) is 0 Å². The van der Waals surface area contributed by atoms with Crippen LogP contribution in [-0.2, 0) is 9.59 Å². The fraction of sp³-hybridized carbons (Fsp3) is 0.857. The van der Waals surface area contributed by atoms with E-state index in [-0.39, 0.29) is 85.2 Å². The second-order valence-corrected chi connectivity index (χ2v) is 5.52. The second-order valence-electron chi connectivity index (χ2n) is 5.52. The van der Waals surface area contributed by atoms with Gasteiger partial charge in [0.1, 0.15) is 0 Å². The molecule has 2 atom stereocenters. The first-order chi connectivity index (χ1) is 11.0. The average molecular weight is 377 g/mol. The molecule has 1 aliphatic heterocycles. The van der Waals surface area contributed by atoms with Gasteiger partial charge in [-0.05, 0) is 12.8 Å². The second kappa shape index (κ2) is 15.8. The third-order valence-electron chi connectivity index (χ3n) is 4.06. The van der Waals surface area contributed by atoms with Crippen molar-refractivity contribution in [2.75, 3.05) is 52.5 Å². The zero-order chi connectivity index (χ0) is 17.2. The molecular formula is C14H25N3Na2O6. The van der Waals surface area contributed by atoms with E-state index < -0.39 is 24.0 Å². The quantitative estimate of drug-likeness (QED) is 0.352. The van der Waals surface area contributed by atoms with Crippen LogP contribution in [0.2, 0.25) is 0 Å². The van der Waals surface area contributed by atoms with Gasteiger partial charge in [-0.3, -0.25) is 9.80 Å². The van der Waals surface area contributed by atoms with Gasteiger partial charge in [-0.15, -0.1) is 0 Å². The minimum absolute atomic E-state index is 0. The van der Waals surface area contributed by atoms with Crippen LogP contribution in [0.4, 0.5) is 0 Å². The molecule has 0 aromatic rings. The Balaban J connectivity index is 0. The molecule has 0 spiro atoms. The number of rotatable bonds is 8. The molecule has 9 nitrogen and oxygen atoms in total. The van der Waals surface area contributed by atoms with Crippen molar-refractivity contribution in [1.29, 1.82) is 0 Å². The zero-order valence-corrected chi connectivity index (χ0v) is 19.1. The predicted molar refractivity (Wildman–Crippen MR) is 77.0 cm³/mol. The summed E-state index contributed by atoms with van der Waals surface area (Å²) >= 11 is 0. The molecule has 1 rings (SSSR count). The molecule has 1 fully saturated rings. The number of carbonyl (C=O) groups is 2. The Bertz CT molecular complexity index is 358. The van der Waals surface area contributed by atoms with Crippen LogP contribution < -0.4 is 74.6 Å². The van der Waals surface area contributed by atoms with Crippen molar-refractivity contribution in [1.82, 2.24) is 15.1 Å². The van der Waals surface area contributed by atoms with Gasteiger partial charge in [0.15, 0.2) is 0 Å². The van der Waals surface area contributed by atoms with Gasteiger partial charge in [-0.2, -0.15) is 0 Å². The molecule has 0 amide bonds. The summed E-state index contributed by atoms with van der Waals surface area (Å²) in [5.74, 6) is -2.51. The third kappa shape index (κ3) is 10.0. The molecule has 0 radical (unpaired) electrons. The molecule has 0 aromatic carbocycles. The van der Waals surface area contributed by atoms with Gasteiger partial charge < -0.3 is 35.3 Å². The molecule has 25 heavy (non-hydrogen) atoms. The molecule has 1 heterocycles. The predicted octanol–water partition coefficient (Wildman–Crippen LogP) is -10.8. The Kier molecular flexibility index (Phi) is 17.6. The number of carboxylic acids is 2. The fourth-order valence-electron chi connectivity index (χ4n) is 2.82. The van der Waals surface area contributed by atoms with Crippen LogP contribution >= 0.6 is 0 Å². The van der Waals surface area contributed by atoms with Crippen LogP contribution in [0.15, 0.2) is 0 Å². The summed E-state index contributed by atoms with van der Waals surface area (Å²) in [6, 6.07) is -1.83. The molecule has 0 saturated carbocycles. The number of aliphatic carboxylic acids is 2. The smallest absolute Gasteiger partial charge is 0.548 e. The summed E-state index contributed by atoms with van der Waals surface area (Å²) < 4.78 is 0. The van der Waals surface area contributed by atoms with Crippen molar-refractivity contribution in [3.05, 3.63) is 0 Å². The maximum atomic E-state index is 11.3. The van der Waals surface area contributed by atoms with E-state index in [0.29, 0.717) is 39.3 Å². The zero-order valence-electron chi connectivity index (χ0n) is 15.1. The van der Waals surface area contributed by atoms with E-state index in [0.717, 1.165) is 0 Å². The van der Waals surface area contributed by atoms with Crippen LogP contribution in [0.1, 0.15) is 12.8 Å². The van der Waals surface area contributed by atoms with Crippen molar-refractivity contribution < 1.29 is 89.1 Å². The SMILES string of the molecule is O=C([O-])C(CCO)N1CCNCCN(C(CCO)C(=O)[O-])CC1.[Na+].[Na+]. The first-order valence-corrected chi connectivity index (χ1v) is 7.83. The van der Waals surface area contributed by atoms with Crippen LogP contribution in [0.3, 0.4) is 0 Å². The summed E-state index contributed by atoms with van der Waals surface area (Å²) in [7, 11) is 0. The van der Waals surface area contributed by atoms with Gasteiger partial charge in [0.05, 0.1) is 24.0 Å². The topological polar surface area (TPSA) is 139 Å². The minimum atomic E-state index is -1.25. The van der Waals surface area contributed by atoms with E-state index in [9.17, 15) is 19.8 Å². The van der Waals surface area contributed by atoms with Crippen molar-refractivity contribution >= 4 is 11.9 Å². The summed E-state index contributed by atoms with van der Waals surface area (Å²) in [5, 5.41) is 43.7. The number of nitrogens with zero attached hydrogens (tertiary/aromatic N) is 2. The minimum Gasteiger partial charge on any atom is -0.548 e. The van der Waals surface area contributed by atoms with Crippen LogP contribution in [-0.4, -0.2) is 96.5 Å². The summed E-state index contributed by atoms with van der Waals surface area (Å²) in [5.41, 5.74) is 0. The largest absolute Gasteiger partial charge is 1.00 e. The number of aliphatic hydroxyl groups is 2. The van der Waals surface area contributed by atoms with E-state index >= 15 is 0 Å². The Morgan fingerprint density at radius 1 is 0.840 bits per heavy atom.